The molecule has 0 spiro atoms. The van der Waals surface area contributed by atoms with Crippen molar-refractivity contribution in [3.05, 3.63) is 24.3 Å². The van der Waals surface area contributed by atoms with Gasteiger partial charge < -0.3 is 25.7 Å². The second-order valence-corrected chi connectivity index (χ2v) is 9.75. The lowest BCUT2D eigenvalue weighted by Gasteiger charge is -2.27. The van der Waals surface area contributed by atoms with E-state index in [0.29, 0.717) is 6.42 Å². The number of amides is 1. The average molecular weight is 498 g/mol. The molecule has 0 bridgehead atoms. The molecule has 4 atom stereocenters. The Labute approximate surface area is 214 Å². The number of carbonyl (C=O) groups is 1. The third-order valence-corrected chi connectivity index (χ3v) is 6.43. The Morgan fingerprint density at radius 1 is 0.743 bits per heavy atom. The molecule has 4 unspecified atom stereocenters. The Hall–Kier alpha value is -1.21. The van der Waals surface area contributed by atoms with E-state index < -0.39 is 36.9 Å². The number of nitrogens with one attached hydrogen (secondary N) is 1. The summed E-state index contributed by atoms with van der Waals surface area (Å²) in [6.07, 6.45) is 22.3. The first kappa shape index (κ1) is 33.8. The Morgan fingerprint density at radius 3 is 1.89 bits per heavy atom. The highest BCUT2D eigenvalue weighted by molar-refractivity contribution is 5.81. The van der Waals surface area contributed by atoms with E-state index in [1.165, 1.54) is 64.2 Å². The number of aliphatic hydroxyl groups excluding tert-OH is 4. The maximum Gasteiger partial charge on any atom is 0.249 e. The van der Waals surface area contributed by atoms with Gasteiger partial charge in [0.15, 0.2) is 0 Å². The standard InChI is InChI=1S/C29H55NO5/c1-3-5-7-9-11-12-13-14-15-17-19-21-23-27(33)29(35)30-25(24-31)28(34)26(32)22-20-18-16-10-8-6-4-2/h14-15,19,21,25-28,31-34H,3-13,16-18,20,22-24H2,1-2H3,(H,30,35)/b15-14-,21-19-. The summed E-state index contributed by atoms with van der Waals surface area (Å²) in [4.78, 5) is 12.2. The number of unbranched alkanes of at least 4 members (excludes halogenated alkanes) is 12. The molecule has 0 fully saturated rings. The molecule has 1 amide bonds. The van der Waals surface area contributed by atoms with Crippen LogP contribution in [0.2, 0.25) is 0 Å². The van der Waals surface area contributed by atoms with Gasteiger partial charge in [0.1, 0.15) is 12.2 Å². The molecular weight excluding hydrogens is 442 g/mol. The number of hydrogen-bond acceptors (Lipinski definition) is 5. The van der Waals surface area contributed by atoms with Gasteiger partial charge in [-0.2, -0.15) is 0 Å². The minimum absolute atomic E-state index is 0.159. The zero-order chi connectivity index (χ0) is 26.2. The highest BCUT2D eigenvalue weighted by Gasteiger charge is 2.28. The summed E-state index contributed by atoms with van der Waals surface area (Å²) in [5.41, 5.74) is 0. The fourth-order valence-corrected chi connectivity index (χ4v) is 4.03. The van der Waals surface area contributed by atoms with Gasteiger partial charge >= 0.3 is 0 Å². The average Bonchev–Trinajstić information content (AvgIpc) is 2.86. The quantitative estimate of drug-likeness (QED) is 0.0914. The van der Waals surface area contributed by atoms with Crippen LogP contribution in [-0.2, 0) is 4.79 Å². The monoisotopic (exact) mass is 497 g/mol. The van der Waals surface area contributed by atoms with E-state index >= 15 is 0 Å². The van der Waals surface area contributed by atoms with Crippen molar-refractivity contribution in [1.82, 2.24) is 5.32 Å². The van der Waals surface area contributed by atoms with Crippen molar-refractivity contribution in [2.24, 2.45) is 0 Å². The van der Waals surface area contributed by atoms with Gasteiger partial charge in [-0.15, -0.1) is 0 Å². The van der Waals surface area contributed by atoms with Crippen molar-refractivity contribution < 1.29 is 25.2 Å². The first-order valence-electron chi connectivity index (χ1n) is 14.2. The summed E-state index contributed by atoms with van der Waals surface area (Å²) in [6, 6.07) is -1.01. The molecule has 6 heteroatoms. The zero-order valence-corrected chi connectivity index (χ0v) is 22.5. The minimum atomic E-state index is -1.27. The third-order valence-electron chi connectivity index (χ3n) is 6.43. The fraction of sp³-hybridized carbons (Fsp3) is 0.828. The van der Waals surface area contributed by atoms with Crippen LogP contribution in [-0.4, -0.2) is 57.3 Å². The lowest BCUT2D eigenvalue weighted by Crippen LogP contribution is -2.53. The molecule has 0 radical (unpaired) electrons. The van der Waals surface area contributed by atoms with Crippen molar-refractivity contribution in [2.75, 3.05) is 6.61 Å². The van der Waals surface area contributed by atoms with Crippen LogP contribution in [0.3, 0.4) is 0 Å². The molecule has 0 saturated heterocycles. The third kappa shape index (κ3) is 19.6. The Bertz CT molecular complexity index is 537. The molecule has 0 saturated carbocycles. The van der Waals surface area contributed by atoms with Gasteiger partial charge in [0.05, 0.1) is 18.8 Å². The maximum atomic E-state index is 12.2. The van der Waals surface area contributed by atoms with E-state index in [-0.39, 0.29) is 6.42 Å². The normalized spacial score (nSPS) is 15.5. The molecule has 206 valence electrons. The number of allylic oxidation sites excluding steroid dienone is 3. The van der Waals surface area contributed by atoms with Crippen LogP contribution in [0.4, 0.5) is 0 Å². The van der Waals surface area contributed by atoms with Gasteiger partial charge in [0, 0.05) is 6.42 Å². The summed E-state index contributed by atoms with van der Waals surface area (Å²) in [5, 5.41) is 42.7. The fourth-order valence-electron chi connectivity index (χ4n) is 4.03. The molecule has 35 heavy (non-hydrogen) atoms. The van der Waals surface area contributed by atoms with Crippen molar-refractivity contribution >= 4 is 5.91 Å². The number of carbonyl (C=O) groups excluding carboxylic acids is 1. The van der Waals surface area contributed by atoms with Gasteiger partial charge in [-0.25, -0.2) is 0 Å². The SMILES string of the molecule is CCCCCCCC/C=C\C/C=C\CC(O)C(=O)NC(CO)C(O)C(O)CCCCCCCCC. The van der Waals surface area contributed by atoms with Gasteiger partial charge in [-0.1, -0.05) is 115 Å². The van der Waals surface area contributed by atoms with E-state index in [1.807, 2.05) is 6.08 Å². The second-order valence-electron chi connectivity index (χ2n) is 9.75. The summed E-state index contributed by atoms with van der Waals surface area (Å²) in [7, 11) is 0. The molecule has 6 nitrogen and oxygen atoms in total. The van der Waals surface area contributed by atoms with Gasteiger partial charge in [-0.3, -0.25) is 4.79 Å². The van der Waals surface area contributed by atoms with Crippen molar-refractivity contribution in [3.63, 3.8) is 0 Å². The van der Waals surface area contributed by atoms with Gasteiger partial charge in [0.25, 0.3) is 0 Å². The summed E-state index contributed by atoms with van der Waals surface area (Å²) >= 11 is 0. The minimum Gasteiger partial charge on any atom is -0.394 e. The van der Waals surface area contributed by atoms with Crippen LogP contribution in [0.5, 0.6) is 0 Å². The van der Waals surface area contributed by atoms with E-state index in [2.05, 4.69) is 31.3 Å². The molecule has 0 aliphatic rings. The van der Waals surface area contributed by atoms with Gasteiger partial charge in [0.2, 0.25) is 5.91 Å². The summed E-state index contributed by atoms with van der Waals surface area (Å²) < 4.78 is 0. The number of hydrogen-bond donors (Lipinski definition) is 5. The molecule has 0 aliphatic carbocycles. The van der Waals surface area contributed by atoms with Crippen LogP contribution in [0.25, 0.3) is 0 Å². The first-order valence-corrected chi connectivity index (χ1v) is 14.2. The van der Waals surface area contributed by atoms with Crippen LogP contribution in [0.15, 0.2) is 24.3 Å². The first-order chi connectivity index (χ1) is 17.0. The van der Waals surface area contributed by atoms with Crippen molar-refractivity contribution in [3.8, 4) is 0 Å². The zero-order valence-electron chi connectivity index (χ0n) is 22.5. The topological polar surface area (TPSA) is 110 Å². The summed E-state index contributed by atoms with van der Waals surface area (Å²) in [5.74, 6) is -0.658. The molecule has 5 N–H and O–H groups in total. The molecule has 0 aliphatic heterocycles. The lowest BCUT2D eigenvalue weighted by molar-refractivity contribution is -0.132. The number of aliphatic hydroxyl groups is 4. The molecule has 0 aromatic carbocycles. The predicted octanol–water partition coefficient (Wildman–Crippen LogP) is 5.33. The highest BCUT2D eigenvalue weighted by atomic mass is 16.3. The molecule has 0 aromatic rings. The van der Waals surface area contributed by atoms with E-state index in [9.17, 15) is 25.2 Å². The smallest absolute Gasteiger partial charge is 0.249 e. The maximum absolute atomic E-state index is 12.2. The Balaban J connectivity index is 4.08. The van der Waals surface area contributed by atoms with Crippen LogP contribution >= 0.6 is 0 Å². The van der Waals surface area contributed by atoms with Gasteiger partial charge in [-0.05, 0) is 25.7 Å². The second kappa shape index (κ2) is 24.5. The predicted molar refractivity (Wildman–Crippen MR) is 145 cm³/mol. The van der Waals surface area contributed by atoms with Crippen molar-refractivity contribution in [1.29, 1.82) is 0 Å². The van der Waals surface area contributed by atoms with Crippen LogP contribution < -0.4 is 5.32 Å². The molecule has 0 rings (SSSR count). The molecule has 0 aromatic heterocycles. The van der Waals surface area contributed by atoms with E-state index in [0.717, 1.165) is 32.1 Å². The largest absolute Gasteiger partial charge is 0.394 e. The summed E-state index contributed by atoms with van der Waals surface area (Å²) in [6.45, 7) is 3.90. The molecular formula is C29H55NO5. The lowest BCUT2D eigenvalue weighted by atomic mass is 9.99. The van der Waals surface area contributed by atoms with E-state index in [4.69, 9.17) is 0 Å². The Kier molecular flexibility index (Phi) is 23.6. The van der Waals surface area contributed by atoms with Crippen LogP contribution in [0.1, 0.15) is 123 Å². The van der Waals surface area contributed by atoms with Crippen LogP contribution in [0, 0.1) is 0 Å². The highest BCUT2D eigenvalue weighted by Crippen LogP contribution is 2.13. The Morgan fingerprint density at radius 2 is 1.29 bits per heavy atom. The van der Waals surface area contributed by atoms with Crippen molar-refractivity contribution in [2.45, 2.75) is 147 Å². The number of rotatable bonds is 24. The van der Waals surface area contributed by atoms with E-state index in [1.54, 1.807) is 6.08 Å². The molecule has 0 heterocycles.